The summed E-state index contributed by atoms with van der Waals surface area (Å²) in [4.78, 5) is 9.37. The molecule has 0 radical (unpaired) electrons. The molecule has 1 heterocycles. The Labute approximate surface area is 67.7 Å². The highest BCUT2D eigenvalue weighted by Gasteiger charge is 2.09. The Morgan fingerprint density at radius 3 is 3.00 bits per heavy atom. The van der Waals surface area contributed by atoms with Gasteiger partial charge in [-0.3, -0.25) is 10.1 Å². The third-order valence-corrected chi connectivity index (χ3v) is 1.13. The molecule has 0 aliphatic rings. The second kappa shape index (κ2) is 3.34. The van der Waals surface area contributed by atoms with Crippen molar-refractivity contribution in [3.8, 4) is 6.07 Å². The number of nitriles is 1. The lowest BCUT2D eigenvalue weighted by Gasteiger charge is -1.83. The van der Waals surface area contributed by atoms with Gasteiger partial charge in [0.2, 0.25) is 0 Å². The van der Waals surface area contributed by atoms with Crippen LogP contribution in [0.2, 0.25) is 0 Å². The van der Waals surface area contributed by atoms with Crippen LogP contribution in [0.5, 0.6) is 0 Å². The number of rotatable bonds is 2. The van der Waals surface area contributed by atoms with E-state index in [1.807, 2.05) is 0 Å². The molecule has 0 spiro atoms. The minimum atomic E-state index is -0.761. The van der Waals surface area contributed by atoms with Crippen LogP contribution < -0.4 is 0 Å². The van der Waals surface area contributed by atoms with E-state index >= 15 is 0 Å². The molecule has 5 heteroatoms. The van der Waals surface area contributed by atoms with Gasteiger partial charge in [-0.15, -0.1) is 0 Å². The fourth-order valence-electron chi connectivity index (χ4n) is 0.634. The molecular formula is C7H4N2O3. The van der Waals surface area contributed by atoms with Crippen LogP contribution in [0.3, 0.4) is 0 Å². The van der Waals surface area contributed by atoms with Gasteiger partial charge in [0.15, 0.2) is 6.07 Å². The van der Waals surface area contributed by atoms with Crippen LogP contribution in [0.25, 0.3) is 6.08 Å². The maximum Gasteiger partial charge on any atom is 0.349 e. The zero-order valence-electron chi connectivity index (χ0n) is 5.93. The Kier molecular flexibility index (Phi) is 2.23. The molecule has 0 N–H and O–H groups in total. The van der Waals surface area contributed by atoms with E-state index in [0.29, 0.717) is 5.76 Å². The third kappa shape index (κ3) is 1.70. The van der Waals surface area contributed by atoms with Crippen LogP contribution in [0.4, 0.5) is 0 Å². The fourth-order valence-corrected chi connectivity index (χ4v) is 0.634. The molecule has 5 nitrogen and oxygen atoms in total. The highest BCUT2D eigenvalue weighted by atomic mass is 16.6. The molecule has 1 aromatic rings. The van der Waals surface area contributed by atoms with Gasteiger partial charge in [0.25, 0.3) is 0 Å². The molecule has 1 aromatic heterocycles. The van der Waals surface area contributed by atoms with Crippen molar-refractivity contribution in [2.75, 3.05) is 0 Å². The highest BCUT2D eigenvalue weighted by molar-refractivity contribution is 5.48. The van der Waals surface area contributed by atoms with E-state index in [4.69, 9.17) is 9.68 Å². The Morgan fingerprint density at radius 1 is 1.83 bits per heavy atom. The van der Waals surface area contributed by atoms with Gasteiger partial charge >= 0.3 is 5.70 Å². The zero-order chi connectivity index (χ0) is 8.97. The van der Waals surface area contributed by atoms with Crippen molar-refractivity contribution in [3.63, 3.8) is 0 Å². The largest absolute Gasteiger partial charge is 0.465 e. The van der Waals surface area contributed by atoms with E-state index < -0.39 is 10.6 Å². The topological polar surface area (TPSA) is 80.1 Å². The Hall–Kier alpha value is -2.09. The summed E-state index contributed by atoms with van der Waals surface area (Å²) in [6.45, 7) is 0. The first-order valence-electron chi connectivity index (χ1n) is 3.03. The van der Waals surface area contributed by atoms with Crippen molar-refractivity contribution >= 4 is 6.08 Å². The Bertz CT molecular complexity index is 345. The summed E-state index contributed by atoms with van der Waals surface area (Å²) < 4.78 is 4.78. The number of hydrogen-bond acceptors (Lipinski definition) is 4. The average molecular weight is 164 g/mol. The van der Waals surface area contributed by atoms with Crippen LogP contribution in [0, 0.1) is 21.4 Å². The van der Waals surface area contributed by atoms with Gasteiger partial charge in [-0.2, -0.15) is 5.26 Å². The zero-order valence-corrected chi connectivity index (χ0v) is 5.93. The molecule has 60 valence electrons. The standard InChI is InChI=1S/C7H4N2O3/c8-5-6(9(10)11)4-7-2-1-3-12-7/h1-4H/b6-4-. The molecule has 0 amide bonds. The summed E-state index contributed by atoms with van der Waals surface area (Å²) in [5.41, 5.74) is -0.537. The van der Waals surface area contributed by atoms with Crippen LogP contribution in [0.15, 0.2) is 28.5 Å². The molecule has 12 heavy (non-hydrogen) atoms. The van der Waals surface area contributed by atoms with E-state index in [2.05, 4.69) is 0 Å². The van der Waals surface area contributed by atoms with Crippen molar-refractivity contribution in [3.05, 3.63) is 40.0 Å². The molecule has 0 bridgehead atoms. The van der Waals surface area contributed by atoms with Gasteiger partial charge in [-0.25, -0.2) is 0 Å². The monoisotopic (exact) mass is 164 g/mol. The molecule has 0 atom stereocenters. The number of allylic oxidation sites excluding steroid dienone is 1. The van der Waals surface area contributed by atoms with Crippen molar-refractivity contribution < 1.29 is 9.34 Å². The Balaban J connectivity index is 2.95. The third-order valence-electron chi connectivity index (χ3n) is 1.13. The number of nitro groups is 1. The summed E-state index contributed by atoms with van der Waals surface area (Å²) in [5, 5.41) is 18.4. The smallest absolute Gasteiger partial charge is 0.349 e. The summed E-state index contributed by atoms with van der Waals surface area (Å²) in [7, 11) is 0. The first-order chi connectivity index (χ1) is 5.74. The quantitative estimate of drug-likeness (QED) is 0.376. The molecule has 0 saturated carbocycles. The lowest BCUT2D eigenvalue weighted by atomic mass is 10.3. The first kappa shape index (κ1) is 8.01. The minimum absolute atomic E-state index is 0.295. The van der Waals surface area contributed by atoms with E-state index in [9.17, 15) is 10.1 Å². The molecule has 0 aliphatic carbocycles. The van der Waals surface area contributed by atoms with Gasteiger partial charge in [0.1, 0.15) is 5.76 Å². The second-order valence-corrected chi connectivity index (χ2v) is 1.91. The van der Waals surface area contributed by atoms with Crippen molar-refractivity contribution in [1.29, 1.82) is 5.26 Å². The van der Waals surface area contributed by atoms with E-state index in [-0.39, 0.29) is 0 Å². The lowest BCUT2D eigenvalue weighted by Crippen LogP contribution is -1.94. The molecule has 0 fully saturated rings. The second-order valence-electron chi connectivity index (χ2n) is 1.91. The maximum atomic E-state index is 10.1. The number of hydrogen-bond donors (Lipinski definition) is 0. The van der Waals surface area contributed by atoms with Crippen LogP contribution in [-0.4, -0.2) is 4.92 Å². The van der Waals surface area contributed by atoms with Gasteiger partial charge in [-0.05, 0) is 12.1 Å². The normalized spacial score (nSPS) is 10.8. The molecular weight excluding hydrogens is 160 g/mol. The summed E-state index contributed by atoms with van der Waals surface area (Å²) in [6.07, 6.45) is 2.45. The number of furan rings is 1. The number of nitrogens with zero attached hydrogens (tertiary/aromatic N) is 2. The maximum absolute atomic E-state index is 10.1. The molecule has 0 saturated heterocycles. The lowest BCUT2D eigenvalue weighted by molar-refractivity contribution is -0.415. The van der Waals surface area contributed by atoms with Crippen LogP contribution in [0.1, 0.15) is 5.76 Å². The van der Waals surface area contributed by atoms with Crippen LogP contribution >= 0.6 is 0 Å². The predicted octanol–water partition coefficient (Wildman–Crippen LogP) is 1.42. The molecule has 0 aromatic carbocycles. The minimum Gasteiger partial charge on any atom is -0.465 e. The first-order valence-corrected chi connectivity index (χ1v) is 3.03. The SMILES string of the molecule is N#C/C(=C/c1ccco1)[N+](=O)[O-]. The van der Waals surface area contributed by atoms with E-state index in [1.54, 1.807) is 6.07 Å². The fraction of sp³-hybridized carbons (Fsp3) is 0. The van der Waals surface area contributed by atoms with E-state index in [0.717, 1.165) is 6.08 Å². The summed E-state index contributed by atoms with van der Waals surface area (Å²) >= 11 is 0. The summed E-state index contributed by atoms with van der Waals surface area (Å²) in [6, 6.07) is 4.55. The summed E-state index contributed by atoms with van der Waals surface area (Å²) in [5.74, 6) is 0.295. The van der Waals surface area contributed by atoms with Gasteiger partial charge < -0.3 is 4.42 Å². The predicted molar refractivity (Wildman–Crippen MR) is 39.3 cm³/mol. The van der Waals surface area contributed by atoms with Crippen molar-refractivity contribution in [2.45, 2.75) is 0 Å². The van der Waals surface area contributed by atoms with Crippen LogP contribution in [-0.2, 0) is 0 Å². The van der Waals surface area contributed by atoms with E-state index in [1.165, 1.54) is 18.4 Å². The Morgan fingerprint density at radius 2 is 2.58 bits per heavy atom. The average Bonchev–Trinajstić information content (AvgIpc) is 2.51. The highest BCUT2D eigenvalue weighted by Crippen LogP contribution is 2.06. The molecule has 0 aliphatic heterocycles. The van der Waals surface area contributed by atoms with Crippen molar-refractivity contribution in [1.82, 2.24) is 0 Å². The molecule has 1 rings (SSSR count). The van der Waals surface area contributed by atoms with Gasteiger partial charge in [0, 0.05) is 0 Å². The molecule has 0 unspecified atom stereocenters. The van der Waals surface area contributed by atoms with Gasteiger partial charge in [-0.1, -0.05) is 0 Å². The van der Waals surface area contributed by atoms with Gasteiger partial charge in [0.05, 0.1) is 17.3 Å². The van der Waals surface area contributed by atoms with Crippen molar-refractivity contribution in [2.24, 2.45) is 0 Å².